The Morgan fingerprint density at radius 1 is 1.29 bits per heavy atom. The van der Waals surface area contributed by atoms with E-state index in [-0.39, 0.29) is 12.5 Å². The number of thiophene rings is 1. The molecule has 0 radical (unpaired) electrons. The van der Waals surface area contributed by atoms with Crippen LogP contribution < -0.4 is 5.73 Å². The largest absolute Gasteiger partial charge is 0.382 e. The summed E-state index contributed by atoms with van der Waals surface area (Å²) in [6.45, 7) is 4.63. The van der Waals surface area contributed by atoms with E-state index in [1.54, 1.807) is 28.3 Å². The Morgan fingerprint density at radius 3 is 2.71 bits per heavy atom. The van der Waals surface area contributed by atoms with Gasteiger partial charge in [0, 0.05) is 38.9 Å². The number of rotatable bonds is 4. The lowest BCUT2D eigenvalue weighted by molar-refractivity contribution is -0.133. The monoisotopic (exact) mass is 305 g/mol. The molecule has 3 rings (SSSR count). The van der Waals surface area contributed by atoms with Crippen molar-refractivity contribution in [2.45, 2.75) is 13.1 Å². The lowest BCUT2D eigenvalue weighted by Crippen LogP contribution is -2.49. The van der Waals surface area contributed by atoms with Crippen molar-refractivity contribution in [3.8, 4) is 0 Å². The van der Waals surface area contributed by atoms with Crippen LogP contribution in [0.2, 0.25) is 0 Å². The fourth-order valence-electron chi connectivity index (χ4n) is 2.50. The average Bonchev–Trinajstić information content (AvgIpc) is 3.12. The lowest BCUT2D eigenvalue weighted by Gasteiger charge is -2.34. The molecule has 0 spiro atoms. The van der Waals surface area contributed by atoms with Gasteiger partial charge in [0.05, 0.1) is 0 Å². The Morgan fingerprint density at radius 2 is 2.10 bits per heavy atom. The highest BCUT2D eigenvalue weighted by Crippen LogP contribution is 2.12. The van der Waals surface area contributed by atoms with E-state index in [2.05, 4.69) is 26.8 Å². The lowest BCUT2D eigenvalue weighted by atomic mass is 10.2. The van der Waals surface area contributed by atoms with Crippen LogP contribution in [-0.2, 0) is 17.9 Å². The second-order valence-corrected chi connectivity index (χ2v) is 6.01. The number of hydrogen-bond acceptors (Lipinski definition) is 5. The number of piperazine rings is 1. The minimum absolute atomic E-state index is 0.105. The topological polar surface area (TPSA) is 67.4 Å². The second-order valence-electron chi connectivity index (χ2n) is 5.23. The van der Waals surface area contributed by atoms with Crippen molar-refractivity contribution >= 4 is 23.1 Å². The minimum Gasteiger partial charge on any atom is -0.382 e. The summed E-state index contributed by atoms with van der Waals surface area (Å²) in [7, 11) is 0. The van der Waals surface area contributed by atoms with Crippen molar-refractivity contribution < 1.29 is 4.79 Å². The summed E-state index contributed by atoms with van der Waals surface area (Å²) in [6, 6.07) is 3.86. The van der Waals surface area contributed by atoms with Crippen LogP contribution in [0, 0.1) is 0 Å². The van der Waals surface area contributed by atoms with Gasteiger partial charge in [0.2, 0.25) is 5.91 Å². The van der Waals surface area contributed by atoms with Gasteiger partial charge in [-0.05, 0) is 28.5 Å². The molecular formula is C14H19N5OS. The number of hydrogen-bond donors (Lipinski definition) is 1. The summed E-state index contributed by atoms with van der Waals surface area (Å²) in [4.78, 5) is 16.5. The average molecular weight is 305 g/mol. The molecule has 0 atom stereocenters. The molecule has 1 aliphatic rings. The highest BCUT2D eigenvalue weighted by molar-refractivity contribution is 7.07. The predicted octanol–water partition coefficient (Wildman–Crippen LogP) is 0.871. The van der Waals surface area contributed by atoms with Gasteiger partial charge in [-0.3, -0.25) is 14.4 Å². The minimum atomic E-state index is 0.105. The first-order valence-corrected chi connectivity index (χ1v) is 7.95. The summed E-state index contributed by atoms with van der Waals surface area (Å²) in [5, 5.41) is 8.33. The number of carbonyl (C=O) groups excluding carboxylic acids is 1. The van der Waals surface area contributed by atoms with Gasteiger partial charge in [-0.15, -0.1) is 0 Å². The fourth-order valence-corrected chi connectivity index (χ4v) is 3.16. The van der Waals surface area contributed by atoms with Gasteiger partial charge in [0.25, 0.3) is 0 Å². The molecule has 0 aliphatic carbocycles. The number of nitrogen functional groups attached to an aromatic ring is 1. The maximum absolute atomic E-state index is 12.2. The molecular weight excluding hydrogens is 286 g/mol. The zero-order chi connectivity index (χ0) is 14.7. The summed E-state index contributed by atoms with van der Waals surface area (Å²) in [5.41, 5.74) is 6.91. The van der Waals surface area contributed by atoms with Gasteiger partial charge in [-0.2, -0.15) is 16.4 Å². The fraction of sp³-hybridized carbons (Fsp3) is 0.429. The van der Waals surface area contributed by atoms with E-state index in [4.69, 9.17) is 5.73 Å². The smallest absolute Gasteiger partial charge is 0.244 e. The number of aromatic nitrogens is 2. The van der Waals surface area contributed by atoms with Crippen molar-refractivity contribution in [3.63, 3.8) is 0 Å². The summed E-state index contributed by atoms with van der Waals surface area (Å²) >= 11 is 1.73. The first-order chi connectivity index (χ1) is 10.2. The normalized spacial score (nSPS) is 16.3. The van der Waals surface area contributed by atoms with Gasteiger partial charge < -0.3 is 10.6 Å². The molecule has 21 heavy (non-hydrogen) atoms. The maximum atomic E-state index is 12.2. The predicted molar refractivity (Wildman–Crippen MR) is 82.8 cm³/mol. The number of nitrogens with zero attached hydrogens (tertiary/aromatic N) is 4. The molecule has 3 heterocycles. The third kappa shape index (κ3) is 3.62. The van der Waals surface area contributed by atoms with Crippen molar-refractivity contribution in [2.75, 3.05) is 31.9 Å². The molecule has 112 valence electrons. The van der Waals surface area contributed by atoms with Crippen molar-refractivity contribution in [3.05, 3.63) is 34.7 Å². The van der Waals surface area contributed by atoms with Crippen LogP contribution in [0.1, 0.15) is 5.56 Å². The highest BCUT2D eigenvalue weighted by Gasteiger charge is 2.21. The highest BCUT2D eigenvalue weighted by atomic mass is 32.1. The van der Waals surface area contributed by atoms with Gasteiger partial charge >= 0.3 is 0 Å². The molecule has 2 N–H and O–H groups in total. The zero-order valence-electron chi connectivity index (χ0n) is 11.8. The molecule has 0 unspecified atom stereocenters. The summed E-state index contributed by atoms with van der Waals surface area (Å²) in [6.07, 6.45) is 1.74. The standard InChI is InChI=1S/C14H19N5OS/c15-13-1-3-19(16-13)10-14(20)18-6-4-17(5-7-18)9-12-2-8-21-11-12/h1-3,8,11H,4-7,9-10H2,(H2,15,16). The van der Waals surface area contributed by atoms with E-state index in [9.17, 15) is 4.79 Å². The van der Waals surface area contributed by atoms with Crippen LogP contribution in [0.4, 0.5) is 5.82 Å². The van der Waals surface area contributed by atoms with E-state index in [1.165, 1.54) is 5.56 Å². The Balaban J connectivity index is 1.47. The SMILES string of the molecule is Nc1ccn(CC(=O)N2CCN(Cc3ccsc3)CC2)n1. The molecule has 0 saturated carbocycles. The third-order valence-corrected chi connectivity index (χ3v) is 4.40. The second kappa shape index (κ2) is 6.28. The molecule has 1 amide bonds. The van der Waals surface area contributed by atoms with E-state index in [0.29, 0.717) is 5.82 Å². The van der Waals surface area contributed by atoms with Crippen LogP contribution in [0.3, 0.4) is 0 Å². The molecule has 0 aromatic carbocycles. The first kappa shape index (κ1) is 14.1. The molecule has 1 saturated heterocycles. The summed E-state index contributed by atoms with van der Waals surface area (Å²) in [5.74, 6) is 0.552. The van der Waals surface area contributed by atoms with Gasteiger partial charge in [-0.1, -0.05) is 0 Å². The first-order valence-electron chi connectivity index (χ1n) is 7.01. The molecule has 6 nitrogen and oxygen atoms in total. The van der Waals surface area contributed by atoms with E-state index >= 15 is 0 Å². The van der Waals surface area contributed by atoms with Crippen LogP contribution >= 0.6 is 11.3 Å². The number of carbonyl (C=O) groups is 1. The Labute approximate surface area is 127 Å². The molecule has 1 fully saturated rings. The maximum Gasteiger partial charge on any atom is 0.244 e. The third-order valence-electron chi connectivity index (χ3n) is 3.67. The van der Waals surface area contributed by atoms with Crippen molar-refractivity contribution in [1.29, 1.82) is 0 Å². The molecule has 2 aromatic heterocycles. The van der Waals surface area contributed by atoms with Crippen LogP contribution in [0.25, 0.3) is 0 Å². The Kier molecular flexibility index (Phi) is 4.21. The zero-order valence-corrected chi connectivity index (χ0v) is 12.6. The quantitative estimate of drug-likeness (QED) is 0.910. The van der Waals surface area contributed by atoms with Gasteiger partial charge in [-0.25, -0.2) is 0 Å². The van der Waals surface area contributed by atoms with Crippen molar-refractivity contribution in [2.24, 2.45) is 0 Å². The van der Waals surface area contributed by atoms with E-state index in [1.807, 2.05) is 4.90 Å². The number of nitrogens with two attached hydrogens (primary N) is 1. The molecule has 7 heteroatoms. The molecule has 1 aliphatic heterocycles. The van der Waals surface area contributed by atoms with Gasteiger partial charge in [0.1, 0.15) is 12.4 Å². The molecule has 2 aromatic rings. The van der Waals surface area contributed by atoms with Crippen LogP contribution in [0.15, 0.2) is 29.1 Å². The van der Waals surface area contributed by atoms with E-state index < -0.39 is 0 Å². The molecule has 0 bridgehead atoms. The van der Waals surface area contributed by atoms with Crippen LogP contribution in [0.5, 0.6) is 0 Å². The Hall–Kier alpha value is -1.86. The van der Waals surface area contributed by atoms with E-state index in [0.717, 1.165) is 32.7 Å². The Bertz CT molecular complexity index is 586. The number of anilines is 1. The summed E-state index contributed by atoms with van der Waals surface area (Å²) < 4.78 is 1.59. The van der Waals surface area contributed by atoms with Crippen LogP contribution in [-0.4, -0.2) is 51.7 Å². The van der Waals surface area contributed by atoms with Crippen molar-refractivity contribution in [1.82, 2.24) is 19.6 Å². The van der Waals surface area contributed by atoms with Gasteiger partial charge in [0.15, 0.2) is 0 Å². The number of amides is 1.